The van der Waals surface area contributed by atoms with Crippen molar-refractivity contribution in [3.05, 3.63) is 0 Å². The zero-order chi connectivity index (χ0) is 10.7. The lowest BCUT2D eigenvalue weighted by atomic mass is 9.84. The molecule has 1 aliphatic heterocycles. The molecule has 0 bridgehead atoms. The molecule has 1 N–H and O–H groups in total. The first kappa shape index (κ1) is 11.3. The third-order valence-corrected chi connectivity index (χ3v) is 4.00. The van der Waals surface area contributed by atoms with Gasteiger partial charge < -0.3 is 5.32 Å². The third kappa shape index (κ3) is 2.49. The highest BCUT2D eigenvalue weighted by Gasteiger charge is 2.47. The molecule has 1 nitrogen and oxygen atoms in total. The minimum absolute atomic E-state index is 0.343. The van der Waals surface area contributed by atoms with Gasteiger partial charge in [-0.15, -0.1) is 0 Å². The summed E-state index contributed by atoms with van der Waals surface area (Å²) in [5.41, 5.74) is 0. The summed E-state index contributed by atoms with van der Waals surface area (Å²) in [6.45, 7) is 1.29. The Labute approximate surface area is 90.6 Å². The van der Waals surface area contributed by atoms with E-state index in [2.05, 4.69) is 5.32 Å². The fourth-order valence-electron chi connectivity index (χ4n) is 2.98. The lowest BCUT2D eigenvalue weighted by Crippen LogP contribution is -2.37. The summed E-state index contributed by atoms with van der Waals surface area (Å²) in [6.07, 6.45) is 6.43. The summed E-state index contributed by atoms with van der Waals surface area (Å²) in [5, 5.41) is 3.05. The van der Waals surface area contributed by atoms with Gasteiger partial charge in [-0.1, -0.05) is 25.7 Å². The Balaban J connectivity index is 1.98. The molecule has 2 rings (SSSR count). The van der Waals surface area contributed by atoms with Gasteiger partial charge in [-0.3, -0.25) is 0 Å². The molecule has 0 radical (unpaired) electrons. The molecule has 1 aliphatic carbocycles. The van der Waals surface area contributed by atoms with Gasteiger partial charge in [0.2, 0.25) is 0 Å². The number of halogens is 2. The maximum absolute atomic E-state index is 14.2. The average Bonchev–Trinajstić information content (AvgIpc) is 2.61. The Morgan fingerprint density at radius 3 is 2.07 bits per heavy atom. The van der Waals surface area contributed by atoms with Crippen molar-refractivity contribution in [2.75, 3.05) is 13.1 Å². The van der Waals surface area contributed by atoms with E-state index in [1.807, 2.05) is 0 Å². The van der Waals surface area contributed by atoms with Gasteiger partial charge in [0.15, 0.2) is 0 Å². The van der Waals surface area contributed by atoms with Crippen molar-refractivity contribution in [1.29, 1.82) is 0 Å². The fourth-order valence-corrected chi connectivity index (χ4v) is 2.98. The number of rotatable bonds is 2. The highest BCUT2D eigenvalue weighted by molar-refractivity contribution is 4.89. The van der Waals surface area contributed by atoms with Crippen LogP contribution in [0.2, 0.25) is 0 Å². The van der Waals surface area contributed by atoms with Crippen molar-refractivity contribution in [3.8, 4) is 0 Å². The topological polar surface area (TPSA) is 12.0 Å². The zero-order valence-electron chi connectivity index (χ0n) is 9.27. The molecular formula is C12H21F2N. The van der Waals surface area contributed by atoms with E-state index in [-0.39, 0.29) is 5.92 Å². The molecule has 88 valence electrons. The van der Waals surface area contributed by atoms with Gasteiger partial charge in [0.05, 0.1) is 0 Å². The first-order valence-corrected chi connectivity index (χ1v) is 6.30. The predicted molar refractivity (Wildman–Crippen MR) is 57.1 cm³/mol. The minimum Gasteiger partial charge on any atom is -0.316 e. The Hall–Kier alpha value is -0.180. The summed E-state index contributed by atoms with van der Waals surface area (Å²) >= 11 is 0. The van der Waals surface area contributed by atoms with E-state index in [1.165, 1.54) is 0 Å². The molecule has 15 heavy (non-hydrogen) atoms. The Morgan fingerprint density at radius 2 is 1.53 bits per heavy atom. The second kappa shape index (κ2) is 4.77. The Morgan fingerprint density at radius 1 is 0.867 bits per heavy atom. The second-order valence-corrected chi connectivity index (χ2v) is 5.05. The molecule has 2 fully saturated rings. The van der Waals surface area contributed by atoms with E-state index in [1.54, 1.807) is 0 Å². The lowest BCUT2D eigenvalue weighted by Gasteiger charge is -2.30. The maximum Gasteiger partial charge on any atom is 0.254 e. The van der Waals surface area contributed by atoms with Crippen LogP contribution in [0, 0.1) is 11.8 Å². The van der Waals surface area contributed by atoms with E-state index in [0.717, 1.165) is 45.1 Å². The largest absolute Gasteiger partial charge is 0.316 e. The quantitative estimate of drug-likeness (QED) is 0.700. The van der Waals surface area contributed by atoms with Gasteiger partial charge in [-0.25, -0.2) is 8.78 Å². The normalized spacial score (nSPS) is 30.4. The molecule has 1 saturated heterocycles. The van der Waals surface area contributed by atoms with Crippen LogP contribution in [0.3, 0.4) is 0 Å². The maximum atomic E-state index is 14.2. The SMILES string of the molecule is FC(F)(C1CCCCCC1)C1CCNC1. The van der Waals surface area contributed by atoms with Gasteiger partial charge in [-0.05, 0) is 25.8 Å². The average molecular weight is 217 g/mol. The van der Waals surface area contributed by atoms with Gasteiger partial charge in [0, 0.05) is 18.4 Å². The molecule has 1 unspecified atom stereocenters. The molecule has 1 heterocycles. The molecule has 0 aromatic rings. The Kier molecular flexibility index (Phi) is 3.60. The number of alkyl halides is 2. The molecule has 0 amide bonds. The summed E-state index contributed by atoms with van der Waals surface area (Å²) in [5.74, 6) is -3.17. The number of hydrogen-bond acceptors (Lipinski definition) is 1. The zero-order valence-corrected chi connectivity index (χ0v) is 9.27. The molecule has 0 aromatic carbocycles. The van der Waals surface area contributed by atoms with Crippen LogP contribution in [0.1, 0.15) is 44.9 Å². The van der Waals surface area contributed by atoms with Gasteiger partial charge in [0.1, 0.15) is 0 Å². The number of nitrogens with one attached hydrogen (secondary N) is 1. The molecule has 0 spiro atoms. The lowest BCUT2D eigenvalue weighted by molar-refractivity contribution is -0.107. The van der Waals surface area contributed by atoms with Gasteiger partial charge in [0.25, 0.3) is 5.92 Å². The Bertz CT molecular complexity index is 192. The van der Waals surface area contributed by atoms with Crippen LogP contribution in [0.25, 0.3) is 0 Å². The van der Waals surface area contributed by atoms with Crippen molar-refractivity contribution in [3.63, 3.8) is 0 Å². The highest BCUT2D eigenvalue weighted by atomic mass is 19.3. The van der Waals surface area contributed by atoms with Crippen LogP contribution in [0.15, 0.2) is 0 Å². The molecule has 2 aliphatic rings. The molecular weight excluding hydrogens is 196 g/mol. The second-order valence-electron chi connectivity index (χ2n) is 5.05. The number of hydrogen-bond donors (Lipinski definition) is 1. The van der Waals surface area contributed by atoms with Gasteiger partial charge in [-0.2, -0.15) is 0 Å². The van der Waals surface area contributed by atoms with Crippen molar-refractivity contribution in [2.45, 2.75) is 50.9 Å². The van der Waals surface area contributed by atoms with Crippen LogP contribution in [0.5, 0.6) is 0 Å². The van der Waals surface area contributed by atoms with Crippen LogP contribution in [-0.4, -0.2) is 19.0 Å². The van der Waals surface area contributed by atoms with Crippen LogP contribution in [-0.2, 0) is 0 Å². The summed E-state index contributed by atoms with van der Waals surface area (Å²) in [7, 11) is 0. The molecule has 1 atom stereocenters. The summed E-state index contributed by atoms with van der Waals surface area (Å²) < 4.78 is 28.3. The smallest absolute Gasteiger partial charge is 0.254 e. The fraction of sp³-hybridized carbons (Fsp3) is 1.00. The van der Waals surface area contributed by atoms with Crippen molar-refractivity contribution in [2.24, 2.45) is 11.8 Å². The monoisotopic (exact) mass is 217 g/mol. The van der Waals surface area contributed by atoms with Gasteiger partial charge >= 0.3 is 0 Å². The third-order valence-electron chi connectivity index (χ3n) is 4.00. The predicted octanol–water partition coefficient (Wildman–Crippen LogP) is 3.20. The summed E-state index contributed by atoms with van der Waals surface area (Å²) in [4.78, 5) is 0. The van der Waals surface area contributed by atoms with E-state index in [4.69, 9.17) is 0 Å². The molecule has 3 heteroatoms. The van der Waals surface area contributed by atoms with E-state index < -0.39 is 11.8 Å². The summed E-state index contributed by atoms with van der Waals surface area (Å²) in [6, 6.07) is 0. The van der Waals surface area contributed by atoms with Crippen LogP contribution >= 0.6 is 0 Å². The van der Waals surface area contributed by atoms with Crippen molar-refractivity contribution < 1.29 is 8.78 Å². The van der Waals surface area contributed by atoms with E-state index in [9.17, 15) is 8.78 Å². The molecule has 0 aromatic heterocycles. The highest BCUT2D eigenvalue weighted by Crippen LogP contribution is 2.42. The molecule has 1 saturated carbocycles. The minimum atomic E-state index is -2.42. The van der Waals surface area contributed by atoms with Crippen LogP contribution in [0.4, 0.5) is 8.78 Å². The first-order chi connectivity index (χ1) is 7.21. The van der Waals surface area contributed by atoms with Crippen LogP contribution < -0.4 is 5.32 Å². The van der Waals surface area contributed by atoms with E-state index >= 15 is 0 Å². The first-order valence-electron chi connectivity index (χ1n) is 6.30. The standard InChI is InChI=1S/C12H21F2N/c13-12(14,11-7-8-15-9-11)10-5-3-1-2-4-6-10/h10-11,15H,1-9H2. The van der Waals surface area contributed by atoms with Crippen molar-refractivity contribution in [1.82, 2.24) is 5.32 Å². The van der Waals surface area contributed by atoms with Crippen molar-refractivity contribution >= 4 is 0 Å². The van der Waals surface area contributed by atoms with E-state index in [0.29, 0.717) is 13.0 Å².